The molecule has 0 amide bonds. The fourth-order valence-electron chi connectivity index (χ4n) is 3.00. The molecule has 1 aliphatic carbocycles. The summed E-state index contributed by atoms with van der Waals surface area (Å²) in [6.45, 7) is 0.881. The topological polar surface area (TPSA) is 22.6 Å². The van der Waals surface area contributed by atoms with Gasteiger partial charge in [0.2, 0.25) is 5.36 Å². The highest BCUT2D eigenvalue weighted by Crippen LogP contribution is 2.34. The molecule has 3 rings (SSSR count). The molecule has 0 N–H and O–H groups in total. The zero-order valence-corrected chi connectivity index (χ0v) is 15.4. The molecule has 0 bridgehead atoms. The molecule has 4 nitrogen and oxygen atoms in total. The Morgan fingerprint density at radius 1 is 0.958 bits per heavy atom. The van der Waals surface area contributed by atoms with E-state index in [9.17, 15) is 0 Å². The van der Waals surface area contributed by atoms with Gasteiger partial charge in [0.25, 0.3) is 0 Å². The fraction of sp³-hybridized carbons (Fsp3) is 0.350. The normalized spacial score (nSPS) is 11.5. The molecule has 1 aromatic rings. The maximum absolute atomic E-state index is 6.28. The minimum Gasteiger partial charge on any atom is -0.456 e. The summed E-state index contributed by atoms with van der Waals surface area (Å²) in [7, 11) is 12.4. The Bertz CT molecular complexity index is 918. The summed E-state index contributed by atoms with van der Waals surface area (Å²) in [5.74, 6) is 0.932. The molecule has 2 aliphatic rings. The van der Waals surface area contributed by atoms with Crippen LogP contribution in [0, 0.1) is 0 Å². The highest BCUT2D eigenvalue weighted by Gasteiger charge is 2.17. The maximum atomic E-state index is 6.28. The van der Waals surface area contributed by atoms with Gasteiger partial charge in [-0.25, -0.2) is 4.58 Å². The van der Waals surface area contributed by atoms with Crippen LogP contribution in [0.1, 0.15) is 5.56 Å². The first kappa shape index (κ1) is 16.5. The number of benzene rings is 2. The zero-order valence-electron chi connectivity index (χ0n) is 15.4. The van der Waals surface area contributed by atoms with Gasteiger partial charge in [0.05, 0.1) is 6.07 Å². The van der Waals surface area contributed by atoms with Crippen LogP contribution in [0.5, 0.6) is 0 Å². The number of fused-ring (bicyclic) bond motifs is 2. The van der Waals surface area contributed by atoms with Gasteiger partial charge in [-0.15, -0.1) is 0 Å². The number of hydrogen-bond acceptors (Lipinski definition) is 3. The van der Waals surface area contributed by atoms with Crippen molar-refractivity contribution >= 4 is 16.7 Å². The van der Waals surface area contributed by atoms with Crippen molar-refractivity contribution in [3.8, 4) is 11.3 Å². The van der Waals surface area contributed by atoms with Gasteiger partial charge in [-0.1, -0.05) is 0 Å². The molecule has 0 saturated carbocycles. The SMILES string of the molecule is CN(C)Cc1c2ccc(=[N+](C)C)cc-2oc2cc(N(C)C)ccc12. The van der Waals surface area contributed by atoms with Crippen molar-refractivity contribution in [1.82, 2.24) is 9.48 Å². The van der Waals surface area contributed by atoms with Gasteiger partial charge in [0.1, 0.15) is 25.4 Å². The standard InChI is InChI=1S/C20H26N3O/c1-21(2)13-18-16-9-7-14(22(3)4)11-19(16)24-20-12-15(23(5)6)8-10-17(18)20/h7-12H,13H2,1-6H3/q+1. The summed E-state index contributed by atoms with van der Waals surface area (Å²) in [6.07, 6.45) is 0. The van der Waals surface area contributed by atoms with E-state index < -0.39 is 0 Å². The van der Waals surface area contributed by atoms with Gasteiger partial charge < -0.3 is 14.2 Å². The van der Waals surface area contributed by atoms with Gasteiger partial charge in [-0.05, 0) is 37.9 Å². The number of nitrogens with zero attached hydrogens (tertiary/aromatic N) is 3. The molecule has 1 aromatic carbocycles. The molecule has 1 aliphatic heterocycles. The Hall–Kier alpha value is -2.33. The first-order valence-electron chi connectivity index (χ1n) is 8.18. The molecule has 0 atom stereocenters. The van der Waals surface area contributed by atoms with Crippen LogP contribution in [0.15, 0.2) is 40.8 Å². The van der Waals surface area contributed by atoms with Crippen molar-refractivity contribution in [1.29, 1.82) is 0 Å². The van der Waals surface area contributed by atoms with E-state index in [1.807, 2.05) is 28.2 Å². The van der Waals surface area contributed by atoms with Crippen LogP contribution < -0.4 is 14.8 Å². The summed E-state index contributed by atoms with van der Waals surface area (Å²) in [5.41, 5.74) is 4.57. The Labute approximate surface area is 143 Å². The Morgan fingerprint density at radius 3 is 2.33 bits per heavy atom. The predicted octanol–water partition coefficient (Wildman–Crippen LogP) is 2.70. The number of hydrogen-bond donors (Lipinski definition) is 0. The summed E-state index contributed by atoms with van der Waals surface area (Å²) < 4.78 is 8.38. The first-order chi connectivity index (χ1) is 11.4. The van der Waals surface area contributed by atoms with Crippen LogP contribution in [0.2, 0.25) is 0 Å². The van der Waals surface area contributed by atoms with Crippen molar-refractivity contribution in [3.63, 3.8) is 0 Å². The van der Waals surface area contributed by atoms with E-state index in [-0.39, 0.29) is 0 Å². The third kappa shape index (κ3) is 3.02. The summed E-state index contributed by atoms with van der Waals surface area (Å²) in [5, 5.41) is 2.32. The number of anilines is 1. The average molecular weight is 324 g/mol. The molecule has 24 heavy (non-hydrogen) atoms. The van der Waals surface area contributed by atoms with E-state index in [0.29, 0.717) is 0 Å². The Balaban J connectivity index is 2.38. The van der Waals surface area contributed by atoms with Crippen LogP contribution >= 0.6 is 0 Å². The second-order valence-corrected chi connectivity index (χ2v) is 6.97. The molecule has 0 fully saturated rings. The van der Waals surface area contributed by atoms with Crippen molar-refractivity contribution in [2.24, 2.45) is 0 Å². The Kier molecular flexibility index (Phi) is 4.33. The lowest BCUT2D eigenvalue weighted by molar-refractivity contribution is 0.403. The highest BCUT2D eigenvalue weighted by molar-refractivity contribution is 5.90. The van der Waals surface area contributed by atoms with E-state index >= 15 is 0 Å². The van der Waals surface area contributed by atoms with Gasteiger partial charge in [-0.3, -0.25) is 0 Å². The maximum Gasteiger partial charge on any atom is 0.203 e. The lowest BCUT2D eigenvalue weighted by Crippen LogP contribution is -2.21. The van der Waals surface area contributed by atoms with E-state index in [2.05, 4.69) is 64.9 Å². The molecule has 126 valence electrons. The average Bonchev–Trinajstić information content (AvgIpc) is 2.52. The smallest absolute Gasteiger partial charge is 0.203 e. The number of rotatable bonds is 3. The highest BCUT2D eigenvalue weighted by atomic mass is 16.3. The lowest BCUT2D eigenvalue weighted by atomic mass is 9.99. The van der Waals surface area contributed by atoms with Gasteiger partial charge >= 0.3 is 0 Å². The van der Waals surface area contributed by atoms with Crippen LogP contribution in [0.3, 0.4) is 0 Å². The molecule has 1 heterocycles. The molecule has 0 aromatic heterocycles. The van der Waals surface area contributed by atoms with Gasteiger partial charge in [0.15, 0.2) is 0 Å². The van der Waals surface area contributed by atoms with Crippen LogP contribution in [0.25, 0.3) is 22.3 Å². The zero-order chi connectivity index (χ0) is 17.4. The monoisotopic (exact) mass is 324 g/mol. The molecule has 0 spiro atoms. The van der Waals surface area contributed by atoms with Gasteiger partial charge in [-0.2, -0.15) is 0 Å². The molecular weight excluding hydrogens is 298 g/mol. The van der Waals surface area contributed by atoms with Crippen LogP contribution in [-0.2, 0) is 6.54 Å². The van der Waals surface area contributed by atoms with Gasteiger partial charge in [0, 0.05) is 49.4 Å². The van der Waals surface area contributed by atoms with Crippen molar-refractivity contribution in [2.75, 3.05) is 47.2 Å². The largest absolute Gasteiger partial charge is 0.456 e. The van der Waals surface area contributed by atoms with Crippen molar-refractivity contribution < 1.29 is 4.42 Å². The summed E-state index contributed by atoms with van der Waals surface area (Å²) in [6, 6.07) is 12.9. The molecule has 0 unspecified atom stereocenters. The third-order valence-corrected chi connectivity index (χ3v) is 4.31. The van der Waals surface area contributed by atoms with E-state index in [4.69, 9.17) is 4.42 Å². The Morgan fingerprint density at radius 2 is 1.71 bits per heavy atom. The molecule has 4 heteroatoms. The van der Waals surface area contributed by atoms with Crippen LogP contribution in [-0.4, -0.2) is 47.2 Å². The quantitative estimate of drug-likeness (QED) is 0.546. The minimum atomic E-state index is 0.881. The van der Waals surface area contributed by atoms with Crippen molar-refractivity contribution in [3.05, 3.63) is 47.3 Å². The molecule has 0 saturated heterocycles. The predicted molar refractivity (Wildman–Crippen MR) is 102 cm³/mol. The second kappa shape index (κ2) is 6.29. The minimum absolute atomic E-state index is 0.881. The van der Waals surface area contributed by atoms with E-state index in [1.165, 1.54) is 16.5 Å². The van der Waals surface area contributed by atoms with E-state index in [1.54, 1.807) is 0 Å². The summed E-state index contributed by atoms with van der Waals surface area (Å²) in [4.78, 5) is 4.30. The summed E-state index contributed by atoms with van der Waals surface area (Å²) >= 11 is 0. The lowest BCUT2D eigenvalue weighted by Gasteiger charge is -2.19. The third-order valence-electron chi connectivity index (χ3n) is 4.31. The molecule has 0 radical (unpaired) electrons. The van der Waals surface area contributed by atoms with Crippen LogP contribution in [0.4, 0.5) is 5.69 Å². The first-order valence-corrected chi connectivity index (χ1v) is 8.18. The molecular formula is C20H26N3O+. The fourth-order valence-corrected chi connectivity index (χ4v) is 3.00. The van der Waals surface area contributed by atoms with E-state index in [0.717, 1.165) is 28.9 Å². The van der Waals surface area contributed by atoms with Crippen molar-refractivity contribution in [2.45, 2.75) is 6.54 Å². The second-order valence-electron chi connectivity index (χ2n) is 6.97.